The van der Waals surface area contributed by atoms with E-state index < -0.39 is 9.84 Å². The van der Waals surface area contributed by atoms with Crippen LogP contribution in [0.25, 0.3) is 0 Å². The molecule has 0 saturated carbocycles. The summed E-state index contributed by atoms with van der Waals surface area (Å²) < 4.78 is 32.0. The molecular formula is C22H21NO4S2. The Hall–Kier alpha value is -2.64. The number of amides is 1. The third-order valence-electron chi connectivity index (χ3n) is 4.73. The molecule has 150 valence electrons. The van der Waals surface area contributed by atoms with Gasteiger partial charge in [0, 0.05) is 22.6 Å². The quantitative estimate of drug-likeness (QED) is 0.632. The van der Waals surface area contributed by atoms with Crippen LogP contribution in [0.1, 0.15) is 36.6 Å². The molecule has 0 bridgehead atoms. The number of carbonyl (C=O) groups is 1. The number of nitrogens with one attached hydrogen (secondary N) is 1. The zero-order chi connectivity index (χ0) is 20.6. The summed E-state index contributed by atoms with van der Waals surface area (Å²) in [6, 6.07) is 15.9. The van der Waals surface area contributed by atoms with Crippen LogP contribution in [0.15, 0.2) is 69.8 Å². The molecule has 1 amide bonds. The van der Waals surface area contributed by atoms with Crippen molar-refractivity contribution in [3.63, 3.8) is 0 Å². The summed E-state index contributed by atoms with van der Waals surface area (Å²) in [5.41, 5.74) is 1.33. The maximum atomic E-state index is 13.1. The monoisotopic (exact) mass is 427 g/mol. The first-order chi connectivity index (χ1) is 13.9. The second-order valence-electron chi connectivity index (χ2n) is 7.20. The van der Waals surface area contributed by atoms with Gasteiger partial charge in [-0.3, -0.25) is 4.79 Å². The third-order valence-corrected chi connectivity index (χ3v) is 7.77. The summed E-state index contributed by atoms with van der Waals surface area (Å²) in [7, 11) is -3.72. The maximum absolute atomic E-state index is 13.1. The van der Waals surface area contributed by atoms with E-state index in [-0.39, 0.29) is 34.1 Å². The Bertz CT molecular complexity index is 1150. The van der Waals surface area contributed by atoms with Gasteiger partial charge < -0.3 is 10.1 Å². The van der Waals surface area contributed by atoms with Crippen molar-refractivity contribution in [1.29, 1.82) is 0 Å². The third kappa shape index (κ3) is 3.80. The van der Waals surface area contributed by atoms with Crippen molar-refractivity contribution in [3.05, 3.63) is 70.4 Å². The number of fused-ring (bicyclic) bond motifs is 1. The van der Waals surface area contributed by atoms with Gasteiger partial charge in [-0.2, -0.15) is 0 Å². The Morgan fingerprint density at radius 2 is 1.86 bits per heavy atom. The van der Waals surface area contributed by atoms with E-state index in [1.54, 1.807) is 35.7 Å². The Morgan fingerprint density at radius 1 is 1.10 bits per heavy atom. The number of benzene rings is 2. The summed E-state index contributed by atoms with van der Waals surface area (Å²) in [5, 5.41) is 4.42. The standard InChI is InChI=1S/C22H21NO4S2/c1-14(2)27-16-8-6-7-15(11-16)18-12-20(24)23-21-19(13-28-22(18)21)29(25,26)17-9-4-3-5-10-17/h3-11,13-14,18H,12H2,1-2H3,(H,23,24)/t18-/m0/s1. The zero-order valence-electron chi connectivity index (χ0n) is 16.1. The summed E-state index contributed by atoms with van der Waals surface area (Å²) in [5.74, 6) is 0.332. The van der Waals surface area contributed by atoms with Crippen molar-refractivity contribution < 1.29 is 17.9 Å². The molecule has 0 spiro atoms. The number of hydrogen-bond donors (Lipinski definition) is 1. The molecule has 7 heteroatoms. The van der Waals surface area contributed by atoms with E-state index in [0.29, 0.717) is 5.69 Å². The van der Waals surface area contributed by atoms with Gasteiger partial charge >= 0.3 is 0 Å². The Morgan fingerprint density at radius 3 is 2.59 bits per heavy atom. The molecule has 29 heavy (non-hydrogen) atoms. The van der Waals surface area contributed by atoms with E-state index >= 15 is 0 Å². The summed E-state index contributed by atoms with van der Waals surface area (Å²) >= 11 is 1.36. The molecule has 0 radical (unpaired) electrons. The molecule has 1 atom stereocenters. The average molecular weight is 428 g/mol. The number of sulfone groups is 1. The molecule has 2 aromatic carbocycles. The number of ether oxygens (including phenoxy) is 1. The molecule has 2 heterocycles. The fourth-order valence-electron chi connectivity index (χ4n) is 3.47. The second kappa shape index (κ2) is 7.65. The number of anilines is 1. The van der Waals surface area contributed by atoms with Gasteiger partial charge in [-0.15, -0.1) is 11.3 Å². The van der Waals surface area contributed by atoms with Gasteiger partial charge in [0.2, 0.25) is 15.7 Å². The minimum absolute atomic E-state index is 0.0415. The Balaban J connectivity index is 1.78. The van der Waals surface area contributed by atoms with Crippen molar-refractivity contribution in [3.8, 4) is 5.75 Å². The minimum atomic E-state index is -3.72. The highest BCUT2D eigenvalue weighted by atomic mass is 32.2. The normalized spacial score (nSPS) is 16.4. The second-order valence-corrected chi connectivity index (χ2v) is 10.0. The van der Waals surface area contributed by atoms with Crippen molar-refractivity contribution in [2.24, 2.45) is 0 Å². The molecule has 1 N–H and O–H groups in total. The number of rotatable bonds is 5. The van der Waals surface area contributed by atoms with E-state index in [4.69, 9.17) is 4.74 Å². The Labute approximate surface area is 174 Å². The topological polar surface area (TPSA) is 72.5 Å². The molecule has 0 fully saturated rings. The van der Waals surface area contributed by atoms with E-state index in [9.17, 15) is 13.2 Å². The fourth-order valence-corrected chi connectivity index (χ4v) is 6.40. The van der Waals surface area contributed by atoms with Gasteiger partial charge in [-0.05, 0) is 43.7 Å². The highest BCUT2D eigenvalue weighted by Gasteiger charge is 2.34. The summed E-state index contributed by atoms with van der Waals surface area (Å²) in [6.07, 6.45) is 0.309. The molecule has 5 nitrogen and oxygen atoms in total. The first-order valence-electron chi connectivity index (χ1n) is 9.34. The van der Waals surface area contributed by atoms with Gasteiger partial charge in [-0.25, -0.2) is 8.42 Å². The summed E-state index contributed by atoms with van der Waals surface area (Å²) in [4.78, 5) is 13.7. The van der Waals surface area contributed by atoms with E-state index in [2.05, 4.69) is 5.32 Å². The fraction of sp³-hybridized carbons (Fsp3) is 0.227. The van der Waals surface area contributed by atoms with Crippen LogP contribution in [-0.2, 0) is 14.6 Å². The molecule has 1 aromatic heterocycles. The number of thiophene rings is 1. The van der Waals surface area contributed by atoms with E-state index in [1.807, 2.05) is 38.1 Å². The van der Waals surface area contributed by atoms with E-state index in [1.165, 1.54) is 11.3 Å². The van der Waals surface area contributed by atoms with Crippen LogP contribution in [0.2, 0.25) is 0 Å². The highest BCUT2D eigenvalue weighted by molar-refractivity contribution is 7.91. The molecule has 0 unspecified atom stereocenters. The maximum Gasteiger partial charge on any atom is 0.225 e. The molecule has 4 rings (SSSR count). The lowest BCUT2D eigenvalue weighted by atomic mass is 9.90. The summed E-state index contributed by atoms with van der Waals surface area (Å²) in [6.45, 7) is 3.91. The lowest BCUT2D eigenvalue weighted by Crippen LogP contribution is -2.23. The van der Waals surface area contributed by atoms with Crippen molar-refractivity contribution in [2.75, 3.05) is 5.32 Å². The average Bonchev–Trinajstić information content (AvgIpc) is 3.12. The van der Waals surface area contributed by atoms with Gasteiger partial charge in [-0.1, -0.05) is 30.3 Å². The smallest absolute Gasteiger partial charge is 0.225 e. The first kappa shape index (κ1) is 19.7. The van der Waals surface area contributed by atoms with E-state index in [0.717, 1.165) is 16.2 Å². The largest absolute Gasteiger partial charge is 0.491 e. The highest BCUT2D eigenvalue weighted by Crippen LogP contribution is 2.46. The molecule has 1 aliphatic heterocycles. The van der Waals surface area contributed by atoms with Gasteiger partial charge in [0.25, 0.3) is 0 Å². The van der Waals surface area contributed by atoms with Crippen LogP contribution in [0, 0.1) is 0 Å². The predicted molar refractivity (Wildman–Crippen MR) is 114 cm³/mol. The minimum Gasteiger partial charge on any atom is -0.491 e. The first-order valence-corrected chi connectivity index (χ1v) is 11.7. The van der Waals surface area contributed by atoms with Crippen LogP contribution in [0.4, 0.5) is 5.69 Å². The number of hydrogen-bond acceptors (Lipinski definition) is 5. The van der Waals surface area contributed by atoms with Crippen LogP contribution >= 0.6 is 11.3 Å². The molecule has 3 aromatic rings. The van der Waals surface area contributed by atoms with Crippen molar-refractivity contribution >= 4 is 32.8 Å². The van der Waals surface area contributed by atoms with Crippen molar-refractivity contribution in [2.45, 2.75) is 42.1 Å². The molecule has 0 aliphatic carbocycles. The van der Waals surface area contributed by atoms with Crippen LogP contribution in [-0.4, -0.2) is 20.4 Å². The lowest BCUT2D eigenvalue weighted by Gasteiger charge is -2.24. The lowest BCUT2D eigenvalue weighted by molar-refractivity contribution is -0.116. The van der Waals surface area contributed by atoms with Crippen LogP contribution in [0.3, 0.4) is 0 Å². The number of carbonyl (C=O) groups excluding carboxylic acids is 1. The Kier molecular flexibility index (Phi) is 5.19. The SMILES string of the molecule is CC(C)Oc1cccc([C@@H]2CC(=O)Nc3c(S(=O)(=O)c4ccccc4)csc32)c1. The zero-order valence-corrected chi connectivity index (χ0v) is 17.7. The molecule has 1 aliphatic rings. The van der Waals surface area contributed by atoms with Crippen molar-refractivity contribution in [1.82, 2.24) is 0 Å². The van der Waals surface area contributed by atoms with Crippen LogP contribution < -0.4 is 10.1 Å². The van der Waals surface area contributed by atoms with Gasteiger partial charge in [0.15, 0.2) is 0 Å². The molecular weight excluding hydrogens is 406 g/mol. The van der Waals surface area contributed by atoms with Crippen LogP contribution in [0.5, 0.6) is 5.75 Å². The van der Waals surface area contributed by atoms with Gasteiger partial charge in [0.05, 0.1) is 16.7 Å². The van der Waals surface area contributed by atoms with Gasteiger partial charge in [0.1, 0.15) is 10.6 Å². The molecule has 0 saturated heterocycles. The predicted octanol–water partition coefficient (Wildman–Crippen LogP) is 4.84.